The highest BCUT2D eigenvalue weighted by atomic mass is 32.2. The molecule has 8 nitrogen and oxygen atoms in total. The zero-order valence-corrected chi connectivity index (χ0v) is 15.3. The van der Waals surface area contributed by atoms with Crippen molar-refractivity contribution in [2.45, 2.75) is 31.2 Å². The van der Waals surface area contributed by atoms with E-state index in [2.05, 4.69) is 10.3 Å². The fraction of sp³-hybridized carbons (Fsp3) is 0.235. The first kappa shape index (κ1) is 17.9. The van der Waals surface area contributed by atoms with E-state index in [-0.39, 0.29) is 21.9 Å². The highest BCUT2D eigenvalue weighted by Crippen LogP contribution is 2.35. The van der Waals surface area contributed by atoms with Crippen LogP contribution in [0.3, 0.4) is 0 Å². The molecule has 9 heteroatoms. The van der Waals surface area contributed by atoms with Gasteiger partial charge >= 0.3 is 5.69 Å². The van der Waals surface area contributed by atoms with E-state index >= 15 is 0 Å². The summed E-state index contributed by atoms with van der Waals surface area (Å²) in [7, 11) is -3.86. The summed E-state index contributed by atoms with van der Waals surface area (Å²) in [5.74, 6) is 0. The lowest BCUT2D eigenvalue weighted by atomic mass is 10.1. The standard InChI is InChI=1S/C17H18N4O4S/c1-17(2,3)19-15-13-9-10-20(16(13)18-11-14(15)21(22)23)26(24,25)12-7-5-4-6-8-12/h4-11H,1-3H3,(H,18,19). The normalized spacial score (nSPS) is 12.3. The number of hydrogen-bond acceptors (Lipinski definition) is 6. The van der Waals surface area contributed by atoms with Crippen LogP contribution in [0.2, 0.25) is 0 Å². The molecule has 0 amide bonds. The third-order valence-corrected chi connectivity index (χ3v) is 5.34. The van der Waals surface area contributed by atoms with Crippen LogP contribution in [0.1, 0.15) is 20.8 Å². The van der Waals surface area contributed by atoms with Gasteiger partial charge in [0.25, 0.3) is 10.0 Å². The number of hydrogen-bond donors (Lipinski definition) is 1. The van der Waals surface area contributed by atoms with Gasteiger partial charge in [0, 0.05) is 11.7 Å². The molecule has 0 aliphatic heterocycles. The zero-order valence-electron chi connectivity index (χ0n) is 14.5. The first-order valence-electron chi connectivity index (χ1n) is 7.84. The molecule has 0 aliphatic carbocycles. The third-order valence-electron chi connectivity index (χ3n) is 3.66. The number of pyridine rings is 1. The van der Waals surface area contributed by atoms with E-state index in [0.29, 0.717) is 5.39 Å². The third kappa shape index (κ3) is 3.13. The first-order valence-corrected chi connectivity index (χ1v) is 9.28. The van der Waals surface area contributed by atoms with Gasteiger partial charge in [-0.05, 0) is 39.0 Å². The molecule has 2 aromatic heterocycles. The molecule has 0 radical (unpaired) electrons. The van der Waals surface area contributed by atoms with Gasteiger partial charge in [0.1, 0.15) is 11.9 Å². The molecule has 1 N–H and O–H groups in total. The van der Waals surface area contributed by atoms with Gasteiger partial charge in [-0.1, -0.05) is 18.2 Å². The van der Waals surface area contributed by atoms with Crippen molar-refractivity contribution in [1.29, 1.82) is 0 Å². The summed E-state index contributed by atoms with van der Waals surface area (Å²) in [6, 6.07) is 9.47. The Bertz CT molecular complexity index is 1080. The van der Waals surface area contributed by atoms with Crippen LogP contribution >= 0.6 is 0 Å². The Morgan fingerprint density at radius 3 is 2.38 bits per heavy atom. The number of nitro groups is 1. The van der Waals surface area contributed by atoms with Crippen LogP contribution in [0.25, 0.3) is 11.0 Å². The average Bonchev–Trinajstić information content (AvgIpc) is 2.99. The Balaban J connectivity index is 2.26. The van der Waals surface area contributed by atoms with E-state index < -0.39 is 20.5 Å². The van der Waals surface area contributed by atoms with Crippen molar-refractivity contribution in [3.63, 3.8) is 0 Å². The Kier molecular flexibility index (Phi) is 4.19. The molecule has 3 rings (SSSR count). The van der Waals surface area contributed by atoms with Crippen molar-refractivity contribution < 1.29 is 13.3 Å². The van der Waals surface area contributed by atoms with E-state index in [9.17, 15) is 18.5 Å². The van der Waals surface area contributed by atoms with E-state index in [0.717, 1.165) is 10.2 Å². The quantitative estimate of drug-likeness (QED) is 0.554. The molecule has 136 valence electrons. The van der Waals surface area contributed by atoms with Gasteiger partial charge in [-0.25, -0.2) is 17.4 Å². The average molecular weight is 374 g/mol. The first-order chi connectivity index (χ1) is 12.1. The van der Waals surface area contributed by atoms with E-state index in [1.807, 2.05) is 20.8 Å². The summed E-state index contributed by atoms with van der Waals surface area (Å²) in [6.45, 7) is 5.59. The van der Waals surface area contributed by atoms with E-state index in [1.165, 1.54) is 24.4 Å². The Labute approximate surface area is 150 Å². The molecule has 0 bridgehead atoms. The summed E-state index contributed by atoms with van der Waals surface area (Å²) in [4.78, 5) is 15.0. The molecule has 2 heterocycles. The van der Waals surface area contributed by atoms with Gasteiger partial charge in [0.05, 0.1) is 15.2 Å². The molecule has 0 aliphatic rings. The SMILES string of the molecule is CC(C)(C)Nc1c([N+](=O)[O-])cnc2c1ccn2S(=O)(=O)c1ccccc1. The van der Waals surface area contributed by atoms with Gasteiger partial charge < -0.3 is 5.32 Å². The molecule has 1 aromatic carbocycles. The lowest BCUT2D eigenvalue weighted by Gasteiger charge is -2.22. The van der Waals surface area contributed by atoms with Crippen LogP contribution in [0, 0.1) is 10.1 Å². The summed E-state index contributed by atoms with van der Waals surface area (Å²) in [6.07, 6.45) is 2.44. The van der Waals surface area contributed by atoms with Crippen molar-refractivity contribution in [3.8, 4) is 0 Å². The lowest BCUT2D eigenvalue weighted by Crippen LogP contribution is -2.26. The predicted octanol–water partition coefficient (Wildman–Crippen LogP) is 3.39. The number of nitrogens with zero attached hydrogens (tertiary/aromatic N) is 3. The minimum Gasteiger partial charge on any atom is -0.374 e. The Morgan fingerprint density at radius 2 is 1.81 bits per heavy atom. The summed E-state index contributed by atoms with van der Waals surface area (Å²) in [5, 5.41) is 14.8. The molecule has 3 aromatic rings. The molecule has 0 atom stereocenters. The van der Waals surface area contributed by atoms with Crippen molar-refractivity contribution in [3.05, 3.63) is 58.9 Å². The molecular weight excluding hydrogens is 356 g/mol. The topological polar surface area (TPSA) is 107 Å². The van der Waals surface area contributed by atoms with Crippen LogP contribution in [0.5, 0.6) is 0 Å². The zero-order chi connectivity index (χ0) is 19.1. The van der Waals surface area contributed by atoms with Crippen LogP contribution in [0.4, 0.5) is 11.4 Å². The molecule has 0 saturated carbocycles. The highest BCUT2D eigenvalue weighted by molar-refractivity contribution is 7.90. The predicted molar refractivity (Wildman–Crippen MR) is 98.8 cm³/mol. The van der Waals surface area contributed by atoms with Crippen molar-refractivity contribution in [2.75, 3.05) is 5.32 Å². The summed E-state index contributed by atoms with van der Waals surface area (Å²) in [5.41, 5.74) is -0.289. The molecule has 0 saturated heterocycles. The summed E-state index contributed by atoms with van der Waals surface area (Å²) < 4.78 is 26.8. The second-order valence-corrected chi connectivity index (χ2v) is 8.63. The lowest BCUT2D eigenvalue weighted by molar-refractivity contribution is -0.384. The number of rotatable bonds is 4. The fourth-order valence-electron chi connectivity index (χ4n) is 2.60. The Morgan fingerprint density at radius 1 is 1.15 bits per heavy atom. The van der Waals surface area contributed by atoms with E-state index in [1.54, 1.807) is 18.2 Å². The van der Waals surface area contributed by atoms with Gasteiger partial charge in [0.2, 0.25) is 0 Å². The van der Waals surface area contributed by atoms with Crippen LogP contribution in [0.15, 0.2) is 53.7 Å². The van der Waals surface area contributed by atoms with Gasteiger partial charge in [0.15, 0.2) is 5.65 Å². The van der Waals surface area contributed by atoms with Gasteiger partial charge in [-0.2, -0.15) is 0 Å². The van der Waals surface area contributed by atoms with Gasteiger partial charge in [-0.15, -0.1) is 0 Å². The van der Waals surface area contributed by atoms with Crippen molar-refractivity contribution >= 4 is 32.4 Å². The van der Waals surface area contributed by atoms with Crippen molar-refractivity contribution in [1.82, 2.24) is 8.96 Å². The van der Waals surface area contributed by atoms with Crippen LogP contribution in [-0.4, -0.2) is 27.8 Å². The summed E-state index contributed by atoms with van der Waals surface area (Å²) >= 11 is 0. The van der Waals surface area contributed by atoms with Crippen LogP contribution in [-0.2, 0) is 10.0 Å². The minimum absolute atomic E-state index is 0.114. The molecular formula is C17H18N4O4S. The largest absolute Gasteiger partial charge is 0.374 e. The van der Waals surface area contributed by atoms with Crippen molar-refractivity contribution in [2.24, 2.45) is 0 Å². The van der Waals surface area contributed by atoms with Gasteiger partial charge in [-0.3, -0.25) is 10.1 Å². The smallest absolute Gasteiger partial charge is 0.311 e. The number of aromatic nitrogens is 2. The molecule has 0 unspecified atom stereocenters. The molecule has 0 fully saturated rings. The maximum absolute atomic E-state index is 12.9. The number of anilines is 1. The highest BCUT2D eigenvalue weighted by Gasteiger charge is 2.26. The number of fused-ring (bicyclic) bond motifs is 1. The maximum Gasteiger partial charge on any atom is 0.311 e. The Hall–Kier alpha value is -2.94. The molecule has 26 heavy (non-hydrogen) atoms. The second-order valence-electron chi connectivity index (χ2n) is 6.82. The van der Waals surface area contributed by atoms with Crippen LogP contribution < -0.4 is 5.32 Å². The fourth-order valence-corrected chi connectivity index (χ4v) is 3.92. The van der Waals surface area contributed by atoms with E-state index in [4.69, 9.17) is 0 Å². The number of nitrogens with one attached hydrogen (secondary N) is 1. The number of benzene rings is 1. The molecule has 0 spiro atoms. The monoisotopic (exact) mass is 374 g/mol. The second kappa shape index (κ2) is 6.10. The minimum atomic E-state index is -3.86. The maximum atomic E-state index is 12.9.